The van der Waals surface area contributed by atoms with Gasteiger partial charge in [-0.3, -0.25) is 9.55 Å². The van der Waals surface area contributed by atoms with Crippen molar-refractivity contribution < 1.29 is 5.11 Å². The number of nitrogens with zero attached hydrogens (tertiary/aromatic N) is 3. The van der Waals surface area contributed by atoms with E-state index in [9.17, 15) is 5.11 Å². The predicted octanol–water partition coefficient (Wildman–Crippen LogP) is 10.9. The summed E-state index contributed by atoms with van der Waals surface area (Å²) in [6.45, 7) is 13.1. The Hall–Kier alpha value is -5.22. The third kappa shape index (κ3) is 5.24. The van der Waals surface area contributed by atoms with Crippen molar-refractivity contribution in [2.45, 2.75) is 52.4 Å². The van der Waals surface area contributed by atoms with E-state index in [1.54, 1.807) is 0 Å². The first kappa shape index (κ1) is 29.5. The first-order chi connectivity index (χ1) is 22.0. The van der Waals surface area contributed by atoms with Gasteiger partial charge in [0, 0.05) is 39.3 Å². The van der Waals surface area contributed by atoms with E-state index in [-0.39, 0.29) is 10.8 Å². The Morgan fingerprint density at radius 1 is 0.587 bits per heavy atom. The number of para-hydroxylation sites is 1. The van der Waals surface area contributed by atoms with Crippen molar-refractivity contribution in [2.24, 2.45) is 0 Å². The van der Waals surface area contributed by atoms with Crippen molar-refractivity contribution in [3.63, 3.8) is 0 Å². The number of phenols is 1. The number of aromatic hydroxyl groups is 1. The monoisotopic (exact) mass is 601 g/mol. The van der Waals surface area contributed by atoms with Crippen LogP contribution in [0.1, 0.15) is 52.7 Å². The highest BCUT2D eigenvalue weighted by atomic mass is 16.3. The molecule has 0 aliphatic carbocycles. The maximum atomic E-state index is 11.7. The zero-order valence-electron chi connectivity index (χ0n) is 27.3. The van der Waals surface area contributed by atoms with Crippen molar-refractivity contribution in [3.05, 3.63) is 133 Å². The Kier molecular flexibility index (Phi) is 7.05. The van der Waals surface area contributed by atoms with Gasteiger partial charge in [-0.05, 0) is 76.1 Å². The topological polar surface area (TPSA) is 50.9 Å². The van der Waals surface area contributed by atoms with Crippen LogP contribution >= 0.6 is 0 Å². The Morgan fingerprint density at radius 3 is 2.09 bits per heavy atom. The summed E-state index contributed by atoms with van der Waals surface area (Å²) in [5.74, 6) is 0.293. The molecule has 228 valence electrons. The van der Waals surface area contributed by atoms with Crippen LogP contribution in [0.25, 0.3) is 61.3 Å². The second-order valence-electron chi connectivity index (χ2n) is 14.2. The average molecular weight is 602 g/mol. The molecule has 0 atom stereocenters. The molecule has 0 fully saturated rings. The molecule has 3 heterocycles. The second-order valence-corrected chi connectivity index (χ2v) is 14.2. The molecule has 4 aromatic carbocycles. The first-order valence-corrected chi connectivity index (χ1v) is 15.9. The molecule has 0 bridgehead atoms. The lowest BCUT2D eigenvalue weighted by Gasteiger charge is -2.27. The van der Waals surface area contributed by atoms with E-state index in [1.807, 2.05) is 18.3 Å². The fraction of sp³-hybridized carbons (Fsp3) is 0.190. The molecule has 0 amide bonds. The van der Waals surface area contributed by atoms with Crippen LogP contribution in [-0.2, 0) is 10.8 Å². The Balaban J connectivity index is 1.43. The van der Waals surface area contributed by atoms with Gasteiger partial charge >= 0.3 is 0 Å². The molecule has 0 saturated carbocycles. The number of fused-ring (bicyclic) bond motifs is 3. The van der Waals surface area contributed by atoms with Crippen LogP contribution in [-0.4, -0.2) is 19.6 Å². The summed E-state index contributed by atoms with van der Waals surface area (Å²) in [4.78, 5) is 10.1. The van der Waals surface area contributed by atoms with Gasteiger partial charge < -0.3 is 5.11 Å². The molecule has 0 aliphatic heterocycles. The van der Waals surface area contributed by atoms with Crippen LogP contribution in [0.5, 0.6) is 5.75 Å². The first-order valence-electron chi connectivity index (χ1n) is 15.9. The molecular weight excluding hydrogens is 562 g/mol. The molecule has 1 N–H and O–H groups in total. The average Bonchev–Trinajstić information content (AvgIpc) is 3.38. The zero-order chi connectivity index (χ0) is 32.2. The maximum absolute atomic E-state index is 11.7. The molecule has 0 aliphatic rings. The summed E-state index contributed by atoms with van der Waals surface area (Å²) < 4.78 is 2.23. The number of pyridine rings is 2. The fourth-order valence-electron chi connectivity index (χ4n) is 6.29. The molecule has 0 saturated heterocycles. The van der Waals surface area contributed by atoms with Crippen LogP contribution in [0.3, 0.4) is 0 Å². The van der Waals surface area contributed by atoms with Crippen molar-refractivity contribution in [1.82, 2.24) is 14.5 Å². The lowest BCUT2D eigenvalue weighted by atomic mass is 9.78. The van der Waals surface area contributed by atoms with E-state index in [4.69, 9.17) is 9.97 Å². The number of aromatic nitrogens is 3. The number of hydrogen-bond donors (Lipinski definition) is 1. The smallest absolute Gasteiger partial charge is 0.146 e. The van der Waals surface area contributed by atoms with Gasteiger partial charge in [0.25, 0.3) is 0 Å². The minimum atomic E-state index is -0.231. The molecule has 7 aromatic rings. The number of rotatable bonds is 4. The van der Waals surface area contributed by atoms with Crippen molar-refractivity contribution in [1.29, 1.82) is 0 Å². The predicted molar refractivity (Wildman–Crippen MR) is 192 cm³/mol. The number of benzene rings is 4. The maximum Gasteiger partial charge on any atom is 0.146 e. The van der Waals surface area contributed by atoms with Crippen LogP contribution in [0, 0.1) is 0 Å². The van der Waals surface area contributed by atoms with E-state index >= 15 is 0 Å². The molecule has 4 heteroatoms. The fourth-order valence-corrected chi connectivity index (χ4v) is 6.29. The largest absolute Gasteiger partial charge is 0.507 e. The van der Waals surface area contributed by atoms with Gasteiger partial charge in [-0.15, -0.1) is 0 Å². The summed E-state index contributed by atoms with van der Waals surface area (Å²) in [6, 6.07) is 40.0. The minimum absolute atomic E-state index is 0.0895. The minimum Gasteiger partial charge on any atom is -0.507 e. The number of phenolic OH excluding ortho intramolecular Hbond substituents is 1. The van der Waals surface area contributed by atoms with Gasteiger partial charge in [0.15, 0.2) is 0 Å². The van der Waals surface area contributed by atoms with Crippen molar-refractivity contribution >= 4 is 21.9 Å². The van der Waals surface area contributed by atoms with E-state index < -0.39 is 0 Å². The van der Waals surface area contributed by atoms with E-state index in [0.717, 1.165) is 66.8 Å². The van der Waals surface area contributed by atoms with Crippen molar-refractivity contribution in [3.8, 4) is 45.1 Å². The molecule has 3 aromatic heterocycles. The summed E-state index contributed by atoms with van der Waals surface area (Å²) in [7, 11) is 0. The Bertz CT molecular complexity index is 2230. The summed E-state index contributed by atoms with van der Waals surface area (Å²) >= 11 is 0. The molecule has 0 radical (unpaired) electrons. The second kappa shape index (κ2) is 11.0. The van der Waals surface area contributed by atoms with Gasteiger partial charge in [-0.1, -0.05) is 108 Å². The van der Waals surface area contributed by atoms with Gasteiger partial charge in [0.05, 0.1) is 16.9 Å². The summed E-state index contributed by atoms with van der Waals surface area (Å²) in [5.41, 5.74) is 10.4. The third-order valence-electron chi connectivity index (χ3n) is 8.85. The molecule has 0 unspecified atom stereocenters. The lowest BCUT2D eigenvalue weighted by Crippen LogP contribution is -2.17. The highest BCUT2D eigenvalue weighted by molar-refractivity contribution is 6.08. The van der Waals surface area contributed by atoms with Gasteiger partial charge in [-0.25, -0.2) is 4.98 Å². The zero-order valence-corrected chi connectivity index (χ0v) is 27.3. The summed E-state index contributed by atoms with van der Waals surface area (Å²) in [6.07, 6.45) is 1.88. The van der Waals surface area contributed by atoms with Crippen LogP contribution in [0.15, 0.2) is 121 Å². The molecule has 4 nitrogen and oxygen atoms in total. The van der Waals surface area contributed by atoms with Crippen LogP contribution < -0.4 is 0 Å². The number of hydrogen-bond acceptors (Lipinski definition) is 3. The van der Waals surface area contributed by atoms with Crippen LogP contribution in [0.4, 0.5) is 0 Å². The van der Waals surface area contributed by atoms with Crippen LogP contribution in [0.2, 0.25) is 0 Å². The molecular formula is C42H39N3O. The molecule has 0 spiro atoms. The third-order valence-corrected chi connectivity index (χ3v) is 8.85. The highest BCUT2D eigenvalue weighted by Crippen LogP contribution is 2.43. The van der Waals surface area contributed by atoms with Gasteiger partial charge in [-0.2, -0.15) is 0 Å². The quantitative estimate of drug-likeness (QED) is 0.218. The standard InChI is InChI=1S/C42H39N3O/c1-41(2,3)30-25-34(39(46)35(26-30)42(4,5)6)36-20-19-33-32-17-10-11-18-38(32)45(40(33)44-36)31-16-12-15-29(23-31)37-24-28(21-22-43-37)27-13-8-7-9-14-27/h7-26,46H,1-6H3. The Labute approximate surface area is 271 Å². The summed E-state index contributed by atoms with van der Waals surface area (Å²) in [5, 5.41) is 13.9. The van der Waals surface area contributed by atoms with Crippen molar-refractivity contribution in [2.75, 3.05) is 0 Å². The molecule has 46 heavy (non-hydrogen) atoms. The van der Waals surface area contributed by atoms with E-state index in [1.165, 1.54) is 5.56 Å². The van der Waals surface area contributed by atoms with E-state index in [2.05, 4.69) is 149 Å². The molecule has 7 rings (SSSR count). The lowest BCUT2D eigenvalue weighted by molar-refractivity contribution is 0.446. The normalized spacial score (nSPS) is 12.2. The van der Waals surface area contributed by atoms with Gasteiger partial charge in [0.1, 0.15) is 11.4 Å². The Morgan fingerprint density at radius 2 is 1.33 bits per heavy atom. The highest BCUT2D eigenvalue weighted by Gasteiger charge is 2.26. The van der Waals surface area contributed by atoms with Gasteiger partial charge in [0.2, 0.25) is 0 Å². The van der Waals surface area contributed by atoms with E-state index in [0.29, 0.717) is 5.75 Å². The SMILES string of the molecule is CC(C)(C)c1cc(-c2ccc3c4ccccc4n(-c4cccc(-c5cc(-c6ccccc6)ccn5)c4)c3n2)c(O)c(C(C)(C)C)c1.